The van der Waals surface area contributed by atoms with Crippen LogP contribution < -0.4 is 10.6 Å². The highest BCUT2D eigenvalue weighted by Gasteiger charge is 2.27. The quantitative estimate of drug-likeness (QED) is 0.309. The molecule has 0 unspecified atom stereocenters. The normalized spacial score (nSPS) is 24.1. The van der Waals surface area contributed by atoms with Gasteiger partial charge < -0.3 is 25.2 Å². The zero-order chi connectivity index (χ0) is 30.7. The van der Waals surface area contributed by atoms with Gasteiger partial charge in [0.25, 0.3) is 10.1 Å². The van der Waals surface area contributed by atoms with E-state index in [1.807, 2.05) is 41.5 Å². The monoisotopic (exact) mass is 622 g/mol. The Bertz CT molecular complexity index is 952. The molecule has 232 valence electrons. The maximum atomic E-state index is 11.6. The molecule has 0 atom stereocenters. The van der Waals surface area contributed by atoms with Crippen LogP contribution in [-0.2, 0) is 32.8 Å². The Morgan fingerprint density at radius 1 is 0.718 bits per heavy atom. The number of hydrogen-bond acceptors (Lipinski definition) is 10. The molecular formula is C24H47ClN2O10S2. The summed E-state index contributed by atoms with van der Waals surface area (Å²) >= 11 is 0. The maximum Gasteiger partial charge on any atom is 0.407 e. The summed E-state index contributed by atoms with van der Waals surface area (Å²) in [4.78, 5) is 23.0. The molecule has 12 nitrogen and oxygen atoms in total. The second kappa shape index (κ2) is 16.2. The summed E-state index contributed by atoms with van der Waals surface area (Å²) in [6.07, 6.45) is 6.55. The van der Waals surface area contributed by atoms with Crippen molar-refractivity contribution in [1.29, 1.82) is 0 Å². The van der Waals surface area contributed by atoms with Crippen molar-refractivity contribution in [3.05, 3.63) is 0 Å². The van der Waals surface area contributed by atoms with Crippen molar-refractivity contribution in [2.75, 3.05) is 12.5 Å². The van der Waals surface area contributed by atoms with Gasteiger partial charge in [0.05, 0.1) is 24.7 Å². The van der Waals surface area contributed by atoms with E-state index in [2.05, 4.69) is 21.3 Å². The van der Waals surface area contributed by atoms with Gasteiger partial charge in [-0.25, -0.2) is 18.0 Å². The van der Waals surface area contributed by atoms with Crippen LogP contribution in [0.25, 0.3) is 0 Å². The largest absolute Gasteiger partial charge is 0.444 e. The number of carbonyl (C=O) groups is 2. The second-order valence-electron chi connectivity index (χ2n) is 11.8. The third-order valence-corrected chi connectivity index (χ3v) is 5.75. The Balaban J connectivity index is 0.000000643. The van der Waals surface area contributed by atoms with Crippen LogP contribution in [-0.4, -0.2) is 82.1 Å². The molecule has 2 saturated carbocycles. The van der Waals surface area contributed by atoms with Crippen molar-refractivity contribution >= 4 is 42.0 Å². The molecule has 0 aromatic carbocycles. The van der Waals surface area contributed by atoms with Crippen molar-refractivity contribution in [1.82, 2.24) is 10.6 Å². The molecular weight excluding hydrogens is 576 g/mol. The van der Waals surface area contributed by atoms with E-state index >= 15 is 0 Å². The Kier molecular flexibility index (Phi) is 15.6. The molecule has 0 heterocycles. The summed E-state index contributed by atoms with van der Waals surface area (Å²) in [7, 11) is -2.09. The minimum atomic E-state index is -3.40. The topological polar surface area (TPSA) is 174 Å². The molecule has 0 aromatic rings. The Hall–Kier alpha value is -1.35. The molecule has 2 amide bonds. The van der Waals surface area contributed by atoms with Crippen molar-refractivity contribution in [2.45, 2.75) is 128 Å². The molecule has 2 rings (SSSR count). The third kappa shape index (κ3) is 25.4. The molecule has 2 fully saturated rings. The molecule has 2 aliphatic carbocycles. The molecule has 0 bridgehead atoms. The number of nitrogens with one attached hydrogen (secondary N) is 2. The highest BCUT2D eigenvalue weighted by Crippen LogP contribution is 2.23. The van der Waals surface area contributed by atoms with Gasteiger partial charge in [0.2, 0.25) is 9.05 Å². The number of alkyl carbamates (subject to hydrolysis) is 2. The summed E-state index contributed by atoms with van der Waals surface area (Å²) in [6.45, 7) is 11.0. The van der Waals surface area contributed by atoms with E-state index < -0.39 is 36.5 Å². The minimum Gasteiger partial charge on any atom is -0.444 e. The standard InChI is InChI=1S/C12H23NO5S.C11H21NO3.CH3ClO2S/c1-12(2,3)17-11(14)13-9-5-7-10(8-6-9)18-19(4,15)16;1-11(2,3)15-10(14)12-8-4-6-9(13)7-5-8;1-5(2,3)4/h9-10H,5-8H2,1-4H3,(H,13,14);8-9,13H,4-7H2,1-3H3,(H,12,14);1H3. The van der Waals surface area contributed by atoms with Crippen LogP contribution in [0.2, 0.25) is 0 Å². The first-order valence-electron chi connectivity index (χ1n) is 12.9. The summed E-state index contributed by atoms with van der Waals surface area (Å²) in [5.74, 6) is 0. The van der Waals surface area contributed by atoms with Crippen molar-refractivity contribution in [3.8, 4) is 0 Å². The fourth-order valence-electron chi connectivity index (χ4n) is 3.72. The van der Waals surface area contributed by atoms with E-state index in [0.717, 1.165) is 38.2 Å². The lowest BCUT2D eigenvalue weighted by Gasteiger charge is -2.29. The van der Waals surface area contributed by atoms with E-state index in [-0.39, 0.29) is 30.4 Å². The molecule has 15 heteroatoms. The molecule has 39 heavy (non-hydrogen) atoms. The van der Waals surface area contributed by atoms with Gasteiger partial charge in [0, 0.05) is 22.8 Å². The van der Waals surface area contributed by atoms with Gasteiger partial charge in [0.15, 0.2) is 0 Å². The highest BCUT2D eigenvalue weighted by atomic mass is 35.7. The number of amides is 2. The van der Waals surface area contributed by atoms with Gasteiger partial charge in [-0.2, -0.15) is 8.42 Å². The van der Waals surface area contributed by atoms with Crippen LogP contribution >= 0.6 is 10.7 Å². The lowest BCUT2D eigenvalue weighted by atomic mass is 9.93. The number of hydrogen-bond donors (Lipinski definition) is 3. The first kappa shape index (κ1) is 37.6. The van der Waals surface area contributed by atoms with Gasteiger partial charge in [0.1, 0.15) is 11.2 Å². The SMILES string of the molecule is CC(C)(C)OC(=O)NC1CCC(O)CC1.CC(C)(C)OC(=O)NC1CCC(OS(C)(=O)=O)CC1.CS(=O)(=O)Cl. The van der Waals surface area contributed by atoms with Crippen LogP contribution in [0.3, 0.4) is 0 Å². The Morgan fingerprint density at radius 3 is 1.31 bits per heavy atom. The molecule has 0 spiro atoms. The second-order valence-corrected chi connectivity index (χ2v) is 16.4. The van der Waals surface area contributed by atoms with Gasteiger partial charge in [-0.05, 0) is 92.9 Å². The van der Waals surface area contributed by atoms with Crippen LogP contribution in [0.1, 0.15) is 92.9 Å². The molecule has 0 aromatic heterocycles. The summed E-state index contributed by atoms with van der Waals surface area (Å²) in [5, 5.41) is 14.9. The van der Waals surface area contributed by atoms with Crippen molar-refractivity contribution < 1.29 is 45.2 Å². The zero-order valence-electron chi connectivity index (χ0n) is 24.3. The van der Waals surface area contributed by atoms with Crippen molar-refractivity contribution in [3.63, 3.8) is 0 Å². The maximum absolute atomic E-state index is 11.6. The van der Waals surface area contributed by atoms with E-state index in [9.17, 15) is 31.5 Å². The van der Waals surface area contributed by atoms with Gasteiger partial charge in [-0.1, -0.05) is 0 Å². The number of rotatable bonds is 4. The fraction of sp³-hybridized carbons (Fsp3) is 0.917. The Labute approximate surface area is 238 Å². The smallest absolute Gasteiger partial charge is 0.407 e. The number of aliphatic hydroxyl groups is 1. The number of aliphatic hydroxyl groups excluding tert-OH is 1. The molecule has 0 radical (unpaired) electrons. The van der Waals surface area contributed by atoms with Crippen LogP contribution in [0.5, 0.6) is 0 Å². The number of carbonyl (C=O) groups excluding carboxylic acids is 2. The molecule has 0 saturated heterocycles. The fourth-order valence-corrected chi connectivity index (χ4v) is 4.41. The summed E-state index contributed by atoms with van der Waals surface area (Å²) in [6, 6.07) is 0.178. The zero-order valence-corrected chi connectivity index (χ0v) is 26.7. The summed E-state index contributed by atoms with van der Waals surface area (Å²) in [5.41, 5.74) is -0.959. The Morgan fingerprint density at radius 2 is 1.03 bits per heavy atom. The average Bonchev–Trinajstić information content (AvgIpc) is 2.66. The first-order chi connectivity index (χ1) is 17.4. The predicted molar refractivity (Wildman–Crippen MR) is 150 cm³/mol. The van der Waals surface area contributed by atoms with Crippen LogP contribution in [0.15, 0.2) is 0 Å². The highest BCUT2D eigenvalue weighted by molar-refractivity contribution is 8.13. The van der Waals surface area contributed by atoms with Gasteiger partial charge in [-0.3, -0.25) is 4.18 Å². The molecule has 0 aliphatic heterocycles. The molecule has 3 N–H and O–H groups in total. The summed E-state index contributed by atoms with van der Waals surface area (Å²) < 4.78 is 56.1. The molecule has 2 aliphatic rings. The van der Waals surface area contributed by atoms with Gasteiger partial charge in [-0.15, -0.1) is 0 Å². The lowest BCUT2D eigenvalue weighted by Crippen LogP contribution is -2.42. The average molecular weight is 623 g/mol. The van der Waals surface area contributed by atoms with Crippen LogP contribution in [0.4, 0.5) is 9.59 Å². The lowest BCUT2D eigenvalue weighted by molar-refractivity contribution is 0.0455. The van der Waals surface area contributed by atoms with Crippen molar-refractivity contribution in [2.24, 2.45) is 0 Å². The van der Waals surface area contributed by atoms with E-state index in [4.69, 9.17) is 13.7 Å². The van der Waals surface area contributed by atoms with E-state index in [0.29, 0.717) is 25.7 Å². The van der Waals surface area contributed by atoms with E-state index in [1.54, 1.807) is 0 Å². The van der Waals surface area contributed by atoms with Gasteiger partial charge >= 0.3 is 12.2 Å². The number of ether oxygens (including phenoxy) is 2. The van der Waals surface area contributed by atoms with Crippen LogP contribution in [0, 0.1) is 0 Å². The predicted octanol–water partition coefficient (Wildman–Crippen LogP) is 3.80. The third-order valence-electron chi connectivity index (χ3n) is 5.12. The minimum absolute atomic E-state index is 0.0225. The number of halogens is 1. The first-order valence-corrected chi connectivity index (χ1v) is 17.4. The van der Waals surface area contributed by atoms with E-state index in [1.165, 1.54) is 0 Å².